The lowest BCUT2D eigenvalue weighted by Gasteiger charge is -2.18. The molecule has 1 fully saturated rings. The second kappa shape index (κ2) is 5.07. The van der Waals surface area contributed by atoms with E-state index in [0.29, 0.717) is 11.5 Å². The molecule has 96 valence electrons. The fourth-order valence-electron chi connectivity index (χ4n) is 3.05. The summed E-state index contributed by atoms with van der Waals surface area (Å²) in [6.45, 7) is 10.3. The predicted octanol–water partition coefficient (Wildman–Crippen LogP) is 3.41. The molecule has 0 aromatic carbocycles. The Morgan fingerprint density at radius 3 is 2.76 bits per heavy atom. The van der Waals surface area contributed by atoms with Crippen LogP contribution in [0.1, 0.15) is 44.3 Å². The van der Waals surface area contributed by atoms with Gasteiger partial charge in [0.15, 0.2) is 0 Å². The molecule has 0 aliphatic heterocycles. The van der Waals surface area contributed by atoms with Crippen molar-refractivity contribution in [3.05, 3.63) is 16.1 Å². The Morgan fingerprint density at radius 2 is 2.24 bits per heavy atom. The average Bonchev–Trinajstić information content (AvgIpc) is 2.71. The highest BCUT2D eigenvalue weighted by Gasteiger charge is 2.35. The molecule has 0 radical (unpaired) electrons. The van der Waals surface area contributed by atoms with E-state index in [2.05, 4.69) is 43.4 Å². The Hall–Kier alpha value is -0.410. The number of hydrogen-bond donors (Lipinski definition) is 1. The summed E-state index contributed by atoms with van der Waals surface area (Å²) in [5.74, 6) is 0.808. The zero-order chi connectivity index (χ0) is 12.5. The first-order valence-corrected chi connectivity index (χ1v) is 7.49. The quantitative estimate of drug-likeness (QED) is 0.888. The van der Waals surface area contributed by atoms with Gasteiger partial charge in [0.2, 0.25) is 0 Å². The minimum atomic E-state index is 0.523. The second-order valence-corrected chi connectivity index (χ2v) is 7.19. The van der Waals surface area contributed by atoms with Crippen LogP contribution in [0.4, 0.5) is 0 Å². The molecule has 2 nitrogen and oxygen atoms in total. The molecular weight excluding hydrogens is 228 g/mol. The zero-order valence-electron chi connectivity index (χ0n) is 11.4. The Bertz CT molecular complexity index is 370. The third-order valence-electron chi connectivity index (χ3n) is 3.75. The summed E-state index contributed by atoms with van der Waals surface area (Å²) in [6, 6.07) is 0.700. The molecule has 1 saturated carbocycles. The summed E-state index contributed by atoms with van der Waals surface area (Å²) in [5, 5.41) is 7.11. The van der Waals surface area contributed by atoms with E-state index in [4.69, 9.17) is 0 Å². The zero-order valence-corrected chi connectivity index (χ0v) is 12.2. The van der Waals surface area contributed by atoms with E-state index in [1.165, 1.54) is 17.8 Å². The van der Waals surface area contributed by atoms with Gasteiger partial charge in [-0.15, -0.1) is 11.3 Å². The van der Waals surface area contributed by atoms with Crippen LogP contribution in [0.25, 0.3) is 0 Å². The van der Waals surface area contributed by atoms with Crippen molar-refractivity contribution >= 4 is 11.3 Å². The molecule has 1 N–H and O–H groups in total. The molecule has 0 spiro atoms. The van der Waals surface area contributed by atoms with Gasteiger partial charge in [0.05, 0.1) is 5.01 Å². The molecule has 1 aromatic heterocycles. The first kappa shape index (κ1) is 13.0. The molecule has 2 rings (SSSR count). The fourth-order valence-corrected chi connectivity index (χ4v) is 3.83. The summed E-state index contributed by atoms with van der Waals surface area (Å²) in [6.07, 6.45) is 3.73. The van der Waals surface area contributed by atoms with Crippen LogP contribution in [0.2, 0.25) is 0 Å². The summed E-state index contributed by atoms with van der Waals surface area (Å²) >= 11 is 1.78. The van der Waals surface area contributed by atoms with Gasteiger partial charge in [-0.05, 0) is 31.1 Å². The Balaban J connectivity index is 1.76. The van der Waals surface area contributed by atoms with Gasteiger partial charge >= 0.3 is 0 Å². The highest BCUT2D eigenvalue weighted by molar-refractivity contribution is 7.09. The van der Waals surface area contributed by atoms with Crippen LogP contribution in [-0.2, 0) is 6.42 Å². The number of thiazole rings is 1. The second-order valence-electron chi connectivity index (χ2n) is 6.24. The van der Waals surface area contributed by atoms with Gasteiger partial charge in [0.25, 0.3) is 0 Å². The number of aromatic nitrogens is 1. The molecule has 0 bridgehead atoms. The maximum absolute atomic E-state index is 4.50. The summed E-state index contributed by atoms with van der Waals surface area (Å²) in [7, 11) is 0. The maximum Gasteiger partial charge on any atom is 0.0940 e. The van der Waals surface area contributed by atoms with Crippen LogP contribution in [0.15, 0.2) is 5.38 Å². The molecular formula is C14H24N2S. The smallest absolute Gasteiger partial charge is 0.0940 e. The van der Waals surface area contributed by atoms with Crippen molar-refractivity contribution in [2.75, 3.05) is 6.54 Å². The highest BCUT2D eigenvalue weighted by Crippen LogP contribution is 2.40. The molecule has 3 heteroatoms. The molecule has 0 saturated heterocycles. The Morgan fingerprint density at radius 1 is 1.47 bits per heavy atom. The van der Waals surface area contributed by atoms with E-state index in [1.807, 2.05) is 0 Å². The maximum atomic E-state index is 4.50. The number of rotatable bonds is 4. The third kappa shape index (κ3) is 3.52. The number of nitrogens with zero attached hydrogens (tertiary/aromatic N) is 1. The molecule has 0 amide bonds. The van der Waals surface area contributed by atoms with Crippen LogP contribution in [0, 0.1) is 18.3 Å². The molecule has 2 unspecified atom stereocenters. The van der Waals surface area contributed by atoms with E-state index in [0.717, 1.165) is 24.6 Å². The molecule has 17 heavy (non-hydrogen) atoms. The number of aryl methyl sites for hydroxylation is 1. The highest BCUT2D eigenvalue weighted by atomic mass is 32.1. The largest absolute Gasteiger partial charge is 0.313 e. The van der Waals surface area contributed by atoms with Crippen molar-refractivity contribution < 1.29 is 0 Å². The lowest BCUT2D eigenvalue weighted by atomic mass is 9.91. The lowest BCUT2D eigenvalue weighted by Crippen LogP contribution is -2.33. The third-order valence-corrected chi connectivity index (χ3v) is 4.77. The van der Waals surface area contributed by atoms with E-state index in [1.54, 1.807) is 11.3 Å². The van der Waals surface area contributed by atoms with Crippen molar-refractivity contribution in [2.45, 2.75) is 53.0 Å². The summed E-state index contributed by atoms with van der Waals surface area (Å²) in [5.41, 5.74) is 1.68. The van der Waals surface area contributed by atoms with Gasteiger partial charge in [-0.3, -0.25) is 0 Å². The van der Waals surface area contributed by atoms with Crippen molar-refractivity contribution in [1.82, 2.24) is 10.3 Å². The molecule has 1 heterocycles. The average molecular weight is 252 g/mol. The molecule has 1 aromatic rings. The normalized spacial score (nSPS) is 27.5. The minimum absolute atomic E-state index is 0.523. The predicted molar refractivity (Wildman–Crippen MR) is 74.5 cm³/mol. The Labute approximate surface area is 109 Å². The fraction of sp³-hybridized carbons (Fsp3) is 0.786. The lowest BCUT2D eigenvalue weighted by molar-refractivity contribution is 0.362. The van der Waals surface area contributed by atoms with Crippen molar-refractivity contribution in [2.24, 2.45) is 11.3 Å². The first-order valence-electron chi connectivity index (χ1n) is 6.61. The number of nitrogens with one attached hydrogen (secondary N) is 1. The SMILES string of the molecule is Cc1csc(CCNC2CC(C)(C)CC2C)n1. The van der Waals surface area contributed by atoms with E-state index in [9.17, 15) is 0 Å². The van der Waals surface area contributed by atoms with Gasteiger partial charge in [0, 0.05) is 30.1 Å². The molecule has 1 aliphatic carbocycles. The van der Waals surface area contributed by atoms with Gasteiger partial charge in [0.1, 0.15) is 0 Å². The van der Waals surface area contributed by atoms with Crippen LogP contribution < -0.4 is 5.32 Å². The van der Waals surface area contributed by atoms with Gasteiger partial charge in [-0.1, -0.05) is 20.8 Å². The topological polar surface area (TPSA) is 24.9 Å². The number of hydrogen-bond acceptors (Lipinski definition) is 3. The Kier molecular flexibility index (Phi) is 3.88. The molecule has 2 atom stereocenters. The van der Waals surface area contributed by atoms with E-state index in [-0.39, 0.29) is 0 Å². The minimum Gasteiger partial charge on any atom is -0.313 e. The molecule has 1 aliphatic rings. The van der Waals surface area contributed by atoms with Gasteiger partial charge in [-0.25, -0.2) is 4.98 Å². The van der Waals surface area contributed by atoms with Crippen LogP contribution in [0.3, 0.4) is 0 Å². The van der Waals surface area contributed by atoms with Crippen molar-refractivity contribution in [3.8, 4) is 0 Å². The summed E-state index contributed by atoms with van der Waals surface area (Å²) < 4.78 is 0. The van der Waals surface area contributed by atoms with Crippen molar-refractivity contribution in [1.29, 1.82) is 0 Å². The first-order chi connectivity index (χ1) is 7.96. The van der Waals surface area contributed by atoms with Crippen LogP contribution >= 0.6 is 11.3 Å². The van der Waals surface area contributed by atoms with Gasteiger partial charge in [-0.2, -0.15) is 0 Å². The monoisotopic (exact) mass is 252 g/mol. The van der Waals surface area contributed by atoms with E-state index >= 15 is 0 Å². The van der Waals surface area contributed by atoms with Crippen molar-refractivity contribution in [3.63, 3.8) is 0 Å². The van der Waals surface area contributed by atoms with Crippen LogP contribution in [-0.4, -0.2) is 17.6 Å². The van der Waals surface area contributed by atoms with Crippen LogP contribution in [0.5, 0.6) is 0 Å². The standard InChI is InChI=1S/C14H24N2S/c1-10-7-14(3,4)8-12(10)15-6-5-13-16-11(2)9-17-13/h9-10,12,15H,5-8H2,1-4H3. The van der Waals surface area contributed by atoms with Gasteiger partial charge < -0.3 is 5.32 Å². The summed E-state index contributed by atoms with van der Waals surface area (Å²) in [4.78, 5) is 4.50. The van der Waals surface area contributed by atoms with E-state index < -0.39 is 0 Å².